The molecule has 0 bridgehead atoms. The molecule has 0 saturated carbocycles. The highest BCUT2D eigenvalue weighted by atomic mass is 15.1. The maximum atomic E-state index is 8.03. The summed E-state index contributed by atoms with van der Waals surface area (Å²) in [6.07, 6.45) is 0. The lowest BCUT2D eigenvalue weighted by atomic mass is 10.1. The Labute approximate surface area is 82.4 Å². The van der Waals surface area contributed by atoms with Crippen molar-refractivity contribution < 1.29 is 0 Å². The Morgan fingerprint density at radius 2 is 2.21 bits per heavy atom. The molecule has 1 aromatic carbocycles. The second kappa shape index (κ2) is 5.65. The van der Waals surface area contributed by atoms with E-state index in [2.05, 4.69) is 21.9 Å². The molecule has 0 amide bonds. The Balaban J connectivity index is 2.82. The first-order chi connectivity index (χ1) is 6.88. The van der Waals surface area contributed by atoms with Gasteiger partial charge in [0.2, 0.25) is 0 Å². The summed E-state index contributed by atoms with van der Waals surface area (Å²) in [7, 11) is 0. The third-order valence-corrected chi connectivity index (χ3v) is 1.67. The van der Waals surface area contributed by atoms with Gasteiger partial charge in [0.05, 0.1) is 6.54 Å². The summed E-state index contributed by atoms with van der Waals surface area (Å²) in [5.41, 5.74) is 15.5. The van der Waals surface area contributed by atoms with Crippen molar-refractivity contribution in [2.45, 2.75) is 6.54 Å². The third kappa shape index (κ3) is 2.83. The SMILES string of the molecule is [N-]=[N+]=NCC#Cc1ccccc1CN. The average Bonchev–Trinajstić information content (AvgIpc) is 2.25. The van der Waals surface area contributed by atoms with E-state index < -0.39 is 0 Å². The van der Waals surface area contributed by atoms with E-state index in [1.165, 1.54) is 0 Å². The molecule has 0 aliphatic heterocycles. The minimum Gasteiger partial charge on any atom is -0.326 e. The predicted octanol–water partition coefficient (Wildman–Crippen LogP) is 1.81. The van der Waals surface area contributed by atoms with Crippen molar-refractivity contribution in [1.29, 1.82) is 0 Å². The minimum absolute atomic E-state index is 0.190. The molecule has 4 heteroatoms. The highest BCUT2D eigenvalue weighted by Crippen LogP contribution is 2.05. The van der Waals surface area contributed by atoms with Gasteiger partial charge >= 0.3 is 0 Å². The fourth-order valence-electron chi connectivity index (χ4n) is 1.02. The van der Waals surface area contributed by atoms with Crippen LogP contribution in [0, 0.1) is 11.8 Å². The van der Waals surface area contributed by atoms with Gasteiger partial charge in [0, 0.05) is 17.0 Å². The largest absolute Gasteiger partial charge is 0.326 e. The lowest BCUT2D eigenvalue weighted by Gasteiger charge is -1.98. The summed E-state index contributed by atoms with van der Waals surface area (Å²) < 4.78 is 0. The van der Waals surface area contributed by atoms with Crippen LogP contribution in [0.3, 0.4) is 0 Å². The molecule has 14 heavy (non-hydrogen) atoms. The fraction of sp³-hybridized carbons (Fsp3) is 0.200. The van der Waals surface area contributed by atoms with E-state index in [0.29, 0.717) is 6.54 Å². The summed E-state index contributed by atoms with van der Waals surface area (Å²) in [6.45, 7) is 0.655. The van der Waals surface area contributed by atoms with E-state index in [0.717, 1.165) is 11.1 Å². The Morgan fingerprint density at radius 3 is 2.93 bits per heavy atom. The molecule has 4 nitrogen and oxygen atoms in total. The van der Waals surface area contributed by atoms with Gasteiger partial charge in [-0.25, -0.2) is 0 Å². The van der Waals surface area contributed by atoms with Crippen molar-refractivity contribution in [3.05, 3.63) is 45.8 Å². The maximum Gasteiger partial charge on any atom is 0.0880 e. The van der Waals surface area contributed by atoms with Crippen LogP contribution in [0.5, 0.6) is 0 Å². The van der Waals surface area contributed by atoms with Crippen molar-refractivity contribution in [3.63, 3.8) is 0 Å². The smallest absolute Gasteiger partial charge is 0.0880 e. The van der Waals surface area contributed by atoms with Crippen LogP contribution in [0.2, 0.25) is 0 Å². The molecule has 0 spiro atoms. The number of nitrogens with zero attached hydrogens (tertiary/aromatic N) is 3. The fourth-order valence-corrected chi connectivity index (χ4v) is 1.02. The average molecular weight is 186 g/mol. The molecule has 0 aromatic heterocycles. The van der Waals surface area contributed by atoms with Crippen LogP contribution in [0.15, 0.2) is 29.4 Å². The second-order valence-electron chi connectivity index (χ2n) is 2.55. The topological polar surface area (TPSA) is 74.8 Å². The standard InChI is InChI=1S/C10H10N4/c11-8-10-5-2-1-4-9(10)6-3-7-13-14-12/h1-2,4-5H,7-8,11H2. The molecule has 0 heterocycles. The summed E-state index contributed by atoms with van der Waals surface area (Å²) in [5, 5.41) is 3.32. The number of hydrogen-bond acceptors (Lipinski definition) is 2. The zero-order valence-electron chi connectivity index (χ0n) is 7.64. The number of hydrogen-bond donors (Lipinski definition) is 1. The van der Waals surface area contributed by atoms with Crippen molar-refractivity contribution in [2.75, 3.05) is 6.54 Å². The number of rotatable bonds is 2. The molecule has 1 aromatic rings. The molecule has 2 N–H and O–H groups in total. The molecule has 0 unspecified atom stereocenters. The molecule has 70 valence electrons. The van der Waals surface area contributed by atoms with Gasteiger partial charge in [-0.3, -0.25) is 0 Å². The molecule has 0 aliphatic carbocycles. The van der Waals surface area contributed by atoms with Gasteiger partial charge in [0.1, 0.15) is 0 Å². The van der Waals surface area contributed by atoms with Crippen LogP contribution >= 0.6 is 0 Å². The summed E-state index contributed by atoms with van der Waals surface area (Å²) >= 11 is 0. The van der Waals surface area contributed by atoms with Gasteiger partial charge in [-0.2, -0.15) is 0 Å². The van der Waals surface area contributed by atoms with Gasteiger partial charge < -0.3 is 5.73 Å². The first kappa shape index (κ1) is 10.1. The van der Waals surface area contributed by atoms with Crippen LogP contribution in [0.4, 0.5) is 0 Å². The van der Waals surface area contributed by atoms with E-state index >= 15 is 0 Å². The van der Waals surface area contributed by atoms with Crippen LogP contribution in [0.1, 0.15) is 11.1 Å². The Morgan fingerprint density at radius 1 is 1.43 bits per heavy atom. The predicted molar refractivity (Wildman–Crippen MR) is 55.2 cm³/mol. The van der Waals surface area contributed by atoms with Gasteiger partial charge in [-0.15, -0.1) is 0 Å². The highest BCUT2D eigenvalue weighted by Gasteiger charge is 1.93. The van der Waals surface area contributed by atoms with Crippen molar-refractivity contribution in [2.24, 2.45) is 10.8 Å². The molecule has 1 rings (SSSR count). The summed E-state index contributed by atoms with van der Waals surface area (Å²) in [6, 6.07) is 7.64. The quantitative estimate of drug-likeness (QED) is 0.325. The zero-order valence-corrected chi connectivity index (χ0v) is 7.64. The third-order valence-electron chi connectivity index (χ3n) is 1.67. The molecular formula is C10H10N4. The summed E-state index contributed by atoms with van der Waals surface area (Å²) in [5.74, 6) is 5.66. The first-order valence-electron chi connectivity index (χ1n) is 4.16. The van der Waals surface area contributed by atoms with Crippen LogP contribution < -0.4 is 5.73 Å². The van der Waals surface area contributed by atoms with E-state index in [1.54, 1.807) is 0 Å². The molecule has 0 radical (unpaired) electrons. The maximum absolute atomic E-state index is 8.03. The Hall–Kier alpha value is -1.95. The van der Waals surface area contributed by atoms with Gasteiger partial charge in [0.15, 0.2) is 0 Å². The van der Waals surface area contributed by atoms with Gasteiger partial charge in [-0.1, -0.05) is 35.2 Å². The van der Waals surface area contributed by atoms with E-state index in [1.807, 2.05) is 24.3 Å². The summed E-state index contributed by atoms with van der Waals surface area (Å²) in [4.78, 5) is 2.61. The van der Waals surface area contributed by atoms with E-state index in [9.17, 15) is 0 Å². The van der Waals surface area contributed by atoms with E-state index in [4.69, 9.17) is 11.3 Å². The molecular weight excluding hydrogens is 176 g/mol. The van der Waals surface area contributed by atoms with Crippen LogP contribution in [0.25, 0.3) is 10.4 Å². The molecule has 0 aliphatic rings. The van der Waals surface area contributed by atoms with Crippen molar-refractivity contribution in [1.82, 2.24) is 0 Å². The lowest BCUT2D eigenvalue weighted by molar-refractivity contribution is 1.06. The second-order valence-corrected chi connectivity index (χ2v) is 2.55. The molecule has 0 atom stereocenters. The zero-order chi connectivity index (χ0) is 10.2. The van der Waals surface area contributed by atoms with Crippen molar-refractivity contribution in [3.8, 4) is 11.8 Å². The molecule has 0 saturated heterocycles. The van der Waals surface area contributed by atoms with Crippen molar-refractivity contribution >= 4 is 0 Å². The monoisotopic (exact) mass is 186 g/mol. The Kier molecular flexibility index (Phi) is 4.09. The van der Waals surface area contributed by atoms with Crippen LogP contribution in [-0.2, 0) is 6.54 Å². The lowest BCUT2D eigenvalue weighted by Crippen LogP contribution is -1.98. The normalized spacial score (nSPS) is 8.36. The number of benzene rings is 1. The first-order valence-corrected chi connectivity index (χ1v) is 4.16. The minimum atomic E-state index is 0.190. The van der Waals surface area contributed by atoms with E-state index in [-0.39, 0.29) is 6.54 Å². The highest BCUT2D eigenvalue weighted by molar-refractivity contribution is 5.41. The number of nitrogens with two attached hydrogens (primary N) is 1. The number of azide groups is 1. The van der Waals surface area contributed by atoms with Gasteiger partial charge in [0.25, 0.3) is 0 Å². The Bertz CT molecular complexity index is 408. The van der Waals surface area contributed by atoms with Gasteiger partial charge in [-0.05, 0) is 17.2 Å². The van der Waals surface area contributed by atoms with Crippen LogP contribution in [-0.4, -0.2) is 6.54 Å². The molecule has 0 fully saturated rings.